The molecule has 0 unspecified atom stereocenters. The van der Waals surface area contributed by atoms with Crippen LogP contribution >= 0.6 is 11.3 Å². The Morgan fingerprint density at radius 1 is 1.47 bits per heavy atom. The lowest BCUT2D eigenvalue weighted by Crippen LogP contribution is -2.37. The molecule has 17 heavy (non-hydrogen) atoms. The van der Waals surface area contributed by atoms with E-state index in [-0.39, 0.29) is 0 Å². The van der Waals surface area contributed by atoms with Gasteiger partial charge in [-0.1, -0.05) is 25.2 Å². The van der Waals surface area contributed by atoms with Gasteiger partial charge in [-0.05, 0) is 31.1 Å². The van der Waals surface area contributed by atoms with Crippen LogP contribution in [-0.2, 0) is 0 Å². The molecule has 0 N–H and O–H groups in total. The third-order valence-electron chi connectivity index (χ3n) is 3.79. The van der Waals surface area contributed by atoms with E-state index in [2.05, 4.69) is 30.8 Å². The lowest BCUT2D eigenvalue weighted by atomic mass is 9.75. The molecule has 0 aromatic carbocycles. The maximum atomic E-state index is 10.7. The second-order valence-electron chi connectivity index (χ2n) is 5.67. The van der Waals surface area contributed by atoms with Gasteiger partial charge in [0.25, 0.3) is 0 Å². The van der Waals surface area contributed by atoms with Gasteiger partial charge in [-0.25, -0.2) is 4.98 Å². The average Bonchev–Trinajstić information content (AvgIpc) is 2.76. The fraction of sp³-hybridized carbons (Fsp3) is 0.692. The zero-order chi connectivity index (χ0) is 12.5. The molecule has 1 aromatic rings. The predicted molar refractivity (Wildman–Crippen MR) is 71.9 cm³/mol. The Kier molecular flexibility index (Phi) is 3.52. The normalized spacial score (nSPS) is 20.2. The number of carbonyl (C=O) groups excluding carboxylic acids is 1. The summed E-state index contributed by atoms with van der Waals surface area (Å²) in [5.41, 5.74) is 0.494. The highest BCUT2D eigenvalue weighted by Crippen LogP contribution is 2.38. The van der Waals surface area contributed by atoms with Gasteiger partial charge in [0.15, 0.2) is 11.4 Å². The molecule has 0 atom stereocenters. The summed E-state index contributed by atoms with van der Waals surface area (Å²) in [6.07, 6.45) is 7.52. The van der Waals surface area contributed by atoms with Gasteiger partial charge in [-0.15, -0.1) is 0 Å². The Morgan fingerprint density at radius 2 is 2.12 bits per heavy atom. The van der Waals surface area contributed by atoms with Crippen molar-refractivity contribution in [3.05, 3.63) is 11.1 Å². The monoisotopic (exact) mass is 252 g/mol. The first kappa shape index (κ1) is 12.6. The maximum Gasteiger partial charge on any atom is 0.185 e. The van der Waals surface area contributed by atoms with E-state index in [1.807, 2.05) is 0 Å². The Hall–Kier alpha value is -0.900. The quantitative estimate of drug-likeness (QED) is 0.773. The molecule has 94 valence electrons. The number of rotatable bonds is 3. The van der Waals surface area contributed by atoms with E-state index in [1.54, 1.807) is 6.20 Å². The minimum atomic E-state index is 0.494. The first-order valence-corrected chi connectivity index (χ1v) is 6.97. The molecule has 0 spiro atoms. The molecule has 2 rings (SSSR count). The third kappa shape index (κ3) is 2.86. The van der Waals surface area contributed by atoms with E-state index in [0.717, 1.165) is 11.4 Å². The molecule has 3 nitrogen and oxygen atoms in total. The van der Waals surface area contributed by atoms with Crippen LogP contribution in [0.15, 0.2) is 6.20 Å². The molecule has 1 aliphatic rings. The SMILES string of the molecule is CN(c1ncc(C=O)s1)C1CCC(C)(C)CC1. The molecule has 4 heteroatoms. The van der Waals surface area contributed by atoms with Crippen molar-refractivity contribution in [2.24, 2.45) is 5.41 Å². The smallest absolute Gasteiger partial charge is 0.185 e. The van der Waals surface area contributed by atoms with Gasteiger partial charge < -0.3 is 4.90 Å². The number of aldehydes is 1. The minimum Gasteiger partial charge on any atom is -0.348 e. The van der Waals surface area contributed by atoms with Gasteiger partial charge in [-0.2, -0.15) is 0 Å². The van der Waals surface area contributed by atoms with Gasteiger partial charge in [0.05, 0.1) is 11.1 Å². The van der Waals surface area contributed by atoms with Crippen LogP contribution in [0.3, 0.4) is 0 Å². The van der Waals surface area contributed by atoms with Crippen molar-refractivity contribution in [2.75, 3.05) is 11.9 Å². The molecule has 0 saturated heterocycles. The van der Waals surface area contributed by atoms with E-state index in [0.29, 0.717) is 16.3 Å². The van der Waals surface area contributed by atoms with Gasteiger partial charge in [0.1, 0.15) is 0 Å². The molecule has 0 aliphatic heterocycles. The van der Waals surface area contributed by atoms with Crippen molar-refractivity contribution in [2.45, 2.75) is 45.6 Å². The maximum absolute atomic E-state index is 10.7. The second kappa shape index (κ2) is 4.77. The number of carbonyl (C=O) groups is 1. The van der Waals surface area contributed by atoms with Crippen LogP contribution in [0.5, 0.6) is 0 Å². The fourth-order valence-electron chi connectivity index (χ4n) is 2.42. The van der Waals surface area contributed by atoms with E-state index < -0.39 is 0 Å². The van der Waals surface area contributed by atoms with Crippen molar-refractivity contribution in [3.8, 4) is 0 Å². The molecular weight excluding hydrogens is 232 g/mol. The minimum absolute atomic E-state index is 0.494. The van der Waals surface area contributed by atoms with Crippen LogP contribution in [0, 0.1) is 5.41 Å². The van der Waals surface area contributed by atoms with Gasteiger partial charge in [0, 0.05) is 13.1 Å². The summed E-state index contributed by atoms with van der Waals surface area (Å²) in [5, 5.41) is 0.969. The first-order chi connectivity index (χ1) is 8.02. The zero-order valence-electron chi connectivity index (χ0n) is 10.8. The van der Waals surface area contributed by atoms with Crippen molar-refractivity contribution in [1.82, 2.24) is 4.98 Å². The number of thiazole rings is 1. The molecule has 0 amide bonds. The number of hydrogen-bond acceptors (Lipinski definition) is 4. The summed E-state index contributed by atoms with van der Waals surface area (Å²) in [4.78, 5) is 17.9. The largest absolute Gasteiger partial charge is 0.348 e. The summed E-state index contributed by atoms with van der Waals surface area (Å²) >= 11 is 1.48. The third-order valence-corrected chi connectivity index (χ3v) is 4.80. The molecular formula is C13H20N2OS. The lowest BCUT2D eigenvalue weighted by molar-refractivity contribution is 0.112. The van der Waals surface area contributed by atoms with Crippen molar-refractivity contribution < 1.29 is 4.79 Å². The van der Waals surface area contributed by atoms with Crippen molar-refractivity contribution in [3.63, 3.8) is 0 Å². The van der Waals surface area contributed by atoms with Crippen LogP contribution in [-0.4, -0.2) is 24.4 Å². The number of hydrogen-bond donors (Lipinski definition) is 0. The highest BCUT2D eigenvalue weighted by molar-refractivity contribution is 7.17. The highest BCUT2D eigenvalue weighted by atomic mass is 32.1. The fourth-order valence-corrected chi connectivity index (χ4v) is 3.18. The molecule has 0 bridgehead atoms. The topological polar surface area (TPSA) is 33.2 Å². The zero-order valence-corrected chi connectivity index (χ0v) is 11.6. The molecule has 1 aromatic heterocycles. The van der Waals surface area contributed by atoms with Crippen molar-refractivity contribution in [1.29, 1.82) is 0 Å². The summed E-state index contributed by atoms with van der Waals surface area (Å²) in [5.74, 6) is 0. The summed E-state index contributed by atoms with van der Waals surface area (Å²) in [6.45, 7) is 4.69. The molecule has 1 heterocycles. The second-order valence-corrected chi connectivity index (χ2v) is 6.71. The Morgan fingerprint density at radius 3 is 2.65 bits per heavy atom. The molecule has 1 fully saturated rings. The van der Waals surface area contributed by atoms with E-state index >= 15 is 0 Å². The van der Waals surface area contributed by atoms with E-state index in [4.69, 9.17) is 0 Å². The Labute approximate surface area is 107 Å². The average molecular weight is 252 g/mol. The summed E-state index contributed by atoms with van der Waals surface area (Å²) in [7, 11) is 2.09. The number of aromatic nitrogens is 1. The summed E-state index contributed by atoms with van der Waals surface area (Å²) < 4.78 is 0. The van der Waals surface area contributed by atoms with Crippen LogP contribution in [0.4, 0.5) is 5.13 Å². The van der Waals surface area contributed by atoms with Crippen LogP contribution in [0.2, 0.25) is 0 Å². The van der Waals surface area contributed by atoms with Crippen LogP contribution in [0.25, 0.3) is 0 Å². The predicted octanol–water partition coefficient (Wildman–Crippen LogP) is 3.36. The standard InChI is InChI=1S/C13H20N2OS/c1-13(2)6-4-10(5-7-13)15(3)12-14-8-11(9-16)17-12/h8-10H,4-7H2,1-3H3. The van der Waals surface area contributed by atoms with Crippen LogP contribution in [0.1, 0.15) is 49.2 Å². The van der Waals surface area contributed by atoms with Gasteiger partial charge in [0.2, 0.25) is 0 Å². The Balaban J connectivity index is 2.01. The first-order valence-electron chi connectivity index (χ1n) is 6.16. The van der Waals surface area contributed by atoms with Gasteiger partial charge in [-0.3, -0.25) is 4.79 Å². The van der Waals surface area contributed by atoms with E-state index in [1.165, 1.54) is 37.0 Å². The summed E-state index contributed by atoms with van der Waals surface area (Å²) in [6, 6.07) is 0.577. The van der Waals surface area contributed by atoms with Crippen molar-refractivity contribution >= 4 is 22.8 Å². The van der Waals surface area contributed by atoms with Gasteiger partial charge >= 0.3 is 0 Å². The molecule has 0 radical (unpaired) electrons. The Bertz CT molecular complexity index is 390. The lowest BCUT2D eigenvalue weighted by Gasteiger charge is -2.38. The number of nitrogens with zero attached hydrogens (tertiary/aromatic N) is 2. The highest BCUT2D eigenvalue weighted by Gasteiger charge is 2.29. The van der Waals surface area contributed by atoms with Crippen LogP contribution < -0.4 is 4.90 Å². The molecule has 1 aliphatic carbocycles. The number of anilines is 1. The molecule has 1 saturated carbocycles. The van der Waals surface area contributed by atoms with E-state index in [9.17, 15) is 4.79 Å².